The maximum absolute atomic E-state index is 5.03. The Morgan fingerprint density at radius 1 is 1.31 bits per heavy atom. The highest BCUT2D eigenvalue weighted by molar-refractivity contribution is 4.61. The molecule has 3 heteroatoms. The highest BCUT2D eigenvalue weighted by Gasteiger charge is 2.06. The smallest absolute Gasteiger partial charge is 0.0617 e. The van der Waals surface area contributed by atoms with Crippen LogP contribution in [0.2, 0.25) is 0 Å². The summed E-state index contributed by atoms with van der Waals surface area (Å²) < 4.78 is 5.01. The predicted molar refractivity (Wildman–Crippen MR) is 59.0 cm³/mol. The number of ether oxygens (including phenoxy) is 1. The van der Waals surface area contributed by atoms with Crippen molar-refractivity contribution in [2.75, 3.05) is 34.4 Å². The van der Waals surface area contributed by atoms with Gasteiger partial charge in [-0.05, 0) is 33.5 Å². The molecule has 0 aromatic heterocycles. The monoisotopic (exact) mass is 190 g/mol. The number of rotatable bonds is 5. The van der Waals surface area contributed by atoms with Crippen LogP contribution in [0.1, 0.15) is 26.7 Å². The first-order chi connectivity index (χ1) is 6.13. The maximum atomic E-state index is 5.03. The largest absolute Gasteiger partial charge is 0.383 e. The van der Waals surface area contributed by atoms with E-state index in [-0.39, 0.29) is 0 Å². The summed E-state index contributed by atoms with van der Waals surface area (Å²) in [6.07, 6.45) is 2.25. The second-order valence-electron chi connectivity index (χ2n) is 3.27. The van der Waals surface area contributed by atoms with E-state index in [1.54, 1.807) is 7.11 Å². The number of hydrogen-bond donors (Lipinski definition) is 1. The van der Waals surface area contributed by atoms with Gasteiger partial charge in [0.1, 0.15) is 0 Å². The zero-order valence-corrected chi connectivity index (χ0v) is 9.84. The van der Waals surface area contributed by atoms with E-state index in [2.05, 4.69) is 32.8 Å². The van der Waals surface area contributed by atoms with Crippen molar-refractivity contribution in [1.82, 2.24) is 4.90 Å². The lowest BCUT2D eigenvalue weighted by atomic mass is 10.2. The van der Waals surface area contributed by atoms with Crippen molar-refractivity contribution < 1.29 is 4.74 Å². The van der Waals surface area contributed by atoms with Crippen LogP contribution in [0.5, 0.6) is 0 Å². The highest BCUT2D eigenvalue weighted by Crippen LogP contribution is 1.97. The molecule has 0 amide bonds. The minimum atomic E-state index is 0.579. The van der Waals surface area contributed by atoms with Crippen LogP contribution in [0, 0.1) is 0 Å². The van der Waals surface area contributed by atoms with Crippen LogP contribution in [-0.2, 0) is 4.74 Å². The van der Waals surface area contributed by atoms with Gasteiger partial charge in [-0.3, -0.25) is 0 Å². The van der Waals surface area contributed by atoms with E-state index in [9.17, 15) is 0 Å². The lowest BCUT2D eigenvalue weighted by Crippen LogP contribution is -2.31. The summed E-state index contributed by atoms with van der Waals surface area (Å²) in [5.41, 5.74) is 5.03. The molecule has 0 aromatic carbocycles. The molecule has 2 N–H and O–H groups in total. The van der Waals surface area contributed by atoms with E-state index >= 15 is 0 Å². The number of likely N-dealkylation sites (N-methyl/N-ethyl adjacent to an activating group) is 1. The van der Waals surface area contributed by atoms with Crippen molar-refractivity contribution in [2.45, 2.75) is 32.7 Å². The molecule has 0 aliphatic heterocycles. The average molecular weight is 190 g/mol. The topological polar surface area (TPSA) is 38.5 Å². The Bertz CT molecular complexity index is 85.0. The van der Waals surface area contributed by atoms with Crippen LogP contribution in [-0.4, -0.2) is 45.3 Å². The molecular formula is C10H26N2O. The van der Waals surface area contributed by atoms with Gasteiger partial charge in [-0.2, -0.15) is 0 Å². The third-order valence-electron chi connectivity index (χ3n) is 1.85. The summed E-state index contributed by atoms with van der Waals surface area (Å²) in [5, 5.41) is 0. The van der Waals surface area contributed by atoms with Gasteiger partial charge in [0.05, 0.1) is 6.61 Å². The van der Waals surface area contributed by atoms with Crippen LogP contribution in [0.15, 0.2) is 0 Å². The summed E-state index contributed by atoms with van der Waals surface area (Å²) in [7, 11) is 5.90. The summed E-state index contributed by atoms with van der Waals surface area (Å²) >= 11 is 0. The minimum absolute atomic E-state index is 0.579. The highest BCUT2D eigenvalue weighted by atomic mass is 16.5. The van der Waals surface area contributed by atoms with Crippen LogP contribution in [0.3, 0.4) is 0 Å². The van der Waals surface area contributed by atoms with E-state index in [0.717, 1.165) is 26.0 Å². The van der Waals surface area contributed by atoms with E-state index in [1.807, 2.05) is 0 Å². The van der Waals surface area contributed by atoms with E-state index in [0.29, 0.717) is 6.04 Å². The molecule has 0 radical (unpaired) electrons. The van der Waals surface area contributed by atoms with Crippen molar-refractivity contribution in [2.24, 2.45) is 5.73 Å². The van der Waals surface area contributed by atoms with Crippen LogP contribution >= 0.6 is 0 Å². The fourth-order valence-electron chi connectivity index (χ4n) is 0.824. The molecule has 0 spiro atoms. The van der Waals surface area contributed by atoms with Crippen molar-refractivity contribution >= 4 is 0 Å². The van der Waals surface area contributed by atoms with Crippen molar-refractivity contribution in [3.63, 3.8) is 0 Å². The number of nitrogens with two attached hydrogens (primary N) is 1. The lowest BCUT2D eigenvalue weighted by molar-refractivity contribution is 0.118. The first-order valence-corrected chi connectivity index (χ1v) is 4.99. The summed E-state index contributed by atoms with van der Waals surface area (Å²) in [6.45, 7) is 5.88. The SMILES string of the molecule is CCC(COC)N(C)C.CCCN. The normalized spacial score (nSPS) is 12.2. The minimum Gasteiger partial charge on any atom is -0.383 e. The summed E-state index contributed by atoms with van der Waals surface area (Å²) in [5.74, 6) is 0. The van der Waals surface area contributed by atoms with Gasteiger partial charge in [-0.15, -0.1) is 0 Å². The number of methoxy groups -OCH3 is 1. The molecule has 13 heavy (non-hydrogen) atoms. The molecule has 0 aliphatic rings. The standard InChI is InChI=1S/C7H17NO.C3H9N/c1-5-7(6-9-4)8(2)3;1-2-3-4/h7H,5-6H2,1-4H3;2-4H2,1H3. The third kappa shape index (κ3) is 11.9. The fraction of sp³-hybridized carbons (Fsp3) is 1.00. The summed E-state index contributed by atoms with van der Waals surface area (Å²) in [6, 6.07) is 0.579. The predicted octanol–water partition coefficient (Wildman–Crippen LogP) is 1.33. The van der Waals surface area contributed by atoms with Gasteiger partial charge in [0.25, 0.3) is 0 Å². The molecule has 1 unspecified atom stereocenters. The molecule has 3 nitrogen and oxygen atoms in total. The van der Waals surface area contributed by atoms with E-state index in [1.165, 1.54) is 0 Å². The zero-order chi connectivity index (χ0) is 10.7. The van der Waals surface area contributed by atoms with Gasteiger partial charge >= 0.3 is 0 Å². The molecule has 0 saturated carbocycles. The Balaban J connectivity index is 0. The Labute approximate surface area is 83.2 Å². The van der Waals surface area contributed by atoms with Crippen molar-refractivity contribution in [1.29, 1.82) is 0 Å². The molecule has 0 fully saturated rings. The fourth-order valence-corrected chi connectivity index (χ4v) is 0.824. The molecule has 82 valence electrons. The van der Waals surface area contributed by atoms with Gasteiger partial charge in [0.2, 0.25) is 0 Å². The van der Waals surface area contributed by atoms with Crippen molar-refractivity contribution in [3.8, 4) is 0 Å². The van der Waals surface area contributed by atoms with Gasteiger partial charge in [0, 0.05) is 13.2 Å². The second kappa shape index (κ2) is 11.9. The van der Waals surface area contributed by atoms with Gasteiger partial charge in [-0.1, -0.05) is 13.8 Å². The quantitative estimate of drug-likeness (QED) is 0.711. The molecule has 0 bridgehead atoms. The van der Waals surface area contributed by atoms with E-state index in [4.69, 9.17) is 10.5 Å². The zero-order valence-electron chi connectivity index (χ0n) is 9.84. The molecule has 0 aliphatic carbocycles. The first kappa shape index (κ1) is 15.4. The van der Waals surface area contributed by atoms with Crippen LogP contribution in [0.25, 0.3) is 0 Å². The van der Waals surface area contributed by atoms with Gasteiger partial charge in [-0.25, -0.2) is 0 Å². The molecule has 0 aromatic rings. The Morgan fingerprint density at radius 2 is 1.77 bits per heavy atom. The molecule has 0 heterocycles. The summed E-state index contributed by atoms with van der Waals surface area (Å²) in [4.78, 5) is 2.18. The van der Waals surface area contributed by atoms with Gasteiger partial charge in [0.15, 0.2) is 0 Å². The average Bonchev–Trinajstić information content (AvgIpc) is 2.14. The Kier molecular flexibility index (Phi) is 14.0. The van der Waals surface area contributed by atoms with Crippen LogP contribution in [0.4, 0.5) is 0 Å². The molecule has 0 rings (SSSR count). The van der Waals surface area contributed by atoms with Crippen molar-refractivity contribution in [3.05, 3.63) is 0 Å². The lowest BCUT2D eigenvalue weighted by Gasteiger charge is -2.21. The van der Waals surface area contributed by atoms with Crippen LogP contribution < -0.4 is 5.73 Å². The van der Waals surface area contributed by atoms with Gasteiger partial charge < -0.3 is 15.4 Å². The number of hydrogen-bond acceptors (Lipinski definition) is 3. The third-order valence-corrected chi connectivity index (χ3v) is 1.85. The Hall–Kier alpha value is -0.120. The Morgan fingerprint density at radius 3 is 1.85 bits per heavy atom. The number of nitrogens with zero attached hydrogens (tertiary/aromatic N) is 1. The first-order valence-electron chi connectivity index (χ1n) is 4.99. The maximum Gasteiger partial charge on any atom is 0.0617 e. The van der Waals surface area contributed by atoms with E-state index < -0.39 is 0 Å². The molecule has 0 saturated heterocycles. The second-order valence-corrected chi connectivity index (χ2v) is 3.27. The molecular weight excluding hydrogens is 164 g/mol. The molecule has 1 atom stereocenters.